The first-order valence-electron chi connectivity index (χ1n) is 7.21. The lowest BCUT2D eigenvalue weighted by molar-refractivity contribution is 0.231. The van der Waals surface area contributed by atoms with E-state index in [1.54, 1.807) is 6.20 Å². The van der Waals surface area contributed by atoms with Gasteiger partial charge in [-0.05, 0) is 26.8 Å². The van der Waals surface area contributed by atoms with E-state index in [9.17, 15) is 0 Å². The maximum atomic E-state index is 5.62. The van der Waals surface area contributed by atoms with Crippen molar-refractivity contribution < 1.29 is 4.74 Å². The molecular formula is C14H23BrN4O. The first kappa shape index (κ1) is 15.5. The molecule has 1 fully saturated rings. The monoisotopic (exact) mass is 342 g/mol. The summed E-state index contributed by atoms with van der Waals surface area (Å²) in [5, 5.41) is 1.03. The van der Waals surface area contributed by atoms with Gasteiger partial charge < -0.3 is 14.5 Å². The Morgan fingerprint density at radius 3 is 2.85 bits per heavy atom. The molecular weight excluding hydrogens is 320 g/mol. The van der Waals surface area contributed by atoms with Crippen LogP contribution in [0.15, 0.2) is 12.4 Å². The highest BCUT2D eigenvalue weighted by molar-refractivity contribution is 9.09. The van der Waals surface area contributed by atoms with Gasteiger partial charge in [0.2, 0.25) is 5.88 Å². The third kappa shape index (κ3) is 4.59. The van der Waals surface area contributed by atoms with E-state index in [4.69, 9.17) is 4.74 Å². The Labute approximate surface area is 129 Å². The number of ether oxygens (including phenoxy) is 1. The minimum Gasteiger partial charge on any atom is -0.474 e. The molecule has 6 heteroatoms. The van der Waals surface area contributed by atoms with Crippen molar-refractivity contribution in [1.29, 1.82) is 0 Å². The van der Waals surface area contributed by atoms with Gasteiger partial charge in [-0.1, -0.05) is 15.9 Å². The number of hydrogen-bond donors (Lipinski definition) is 0. The molecule has 1 aliphatic rings. The van der Waals surface area contributed by atoms with Gasteiger partial charge in [0.15, 0.2) is 5.82 Å². The fourth-order valence-corrected chi connectivity index (χ4v) is 2.83. The van der Waals surface area contributed by atoms with E-state index in [0.29, 0.717) is 5.88 Å². The van der Waals surface area contributed by atoms with Gasteiger partial charge in [0, 0.05) is 31.5 Å². The summed E-state index contributed by atoms with van der Waals surface area (Å²) in [5.41, 5.74) is 0. The van der Waals surface area contributed by atoms with Crippen LogP contribution in [0.1, 0.15) is 20.3 Å². The predicted octanol–water partition coefficient (Wildman–Crippen LogP) is 2.17. The number of rotatable bonds is 5. The van der Waals surface area contributed by atoms with E-state index in [-0.39, 0.29) is 6.10 Å². The lowest BCUT2D eigenvalue weighted by atomic mass is 10.4. The van der Waals surface area contributed by atoms with E-state index < -0.39 is 0 Å². The zero-order valence-corrected chi connectivity index (χ0v) is 13.8. The molecule has 0 aromatic carbocycles. The quantitative estimate of drug-likeness (QED) is 0.767. The van der Waals surface area contributed by atoms with Crippen molar-refractivity contribution in [2.75, 3.05) is 43.0 Å². The molecule has 0 saturated carbocycles. The zero-order chi connectivity index (χ0) is 14.4. The molecule has 1 aromatic rings. The van der Waals surface area contributed by atoms with Gasteiger partial charge >= 0.3 is 0 Å². The van der Waals surface area contributed by atoms with Crippen LogP contribution in [0.2, 0.25) is 0 Å². The highest BCUT2D eigenvalue weighted by Gasteiger charge is 2.16. The Bertz CT molecular complexity index is 416. The van der Waals surface area contributed by atoms with E-state index in [1.165, 1.54) is 0 Å². The molecule has 0 amide bonds. The molecule has 1 aromatic heterocycles. The molecule has 0 bridgehead atoms. The molecule has 0 spiro atoms. The molecule has 5 nitrogen and oxygen atoms in total. The van der Waals surface area contributed by atoms with Crippen LogP contribution in [0, 0.1) is 0 Å². The first-order valence-corrected chi connectivity index (χ1v) is 8.33. The Hall–Kier alpha value is -0.880. The van der Waals surface area contributed by atoms with Gasteiger partial charge in [0.05, 0.1) is 18.5 Å². The fraction of sp³-hybridized carbons (Fsp3) is 0.714. The molecule has 20 heavy (non-hydrogen) atoms. The summed E-state index contributed by atoms with van der Waals surface area (Å²) in [4.78, 5) is 13.6. The van der Waals surface area contributed by atoms with Crippen LogP contribution in [0.4, 0.5) is 5.82 Å². The Morgan fingerprint density at radius 1 is 1.25 bits per heavy atom. The smallest absolute Gasteiger partial charge is 0.234 e. The van der Waals surface area contributed by atoms with Crippen LogP contribution in [0.25, 0.3) is 0 Å². The van der Waals surface area contributed by atoms with Gasteiger partial charge in [-0.2, -0.15) is 4.98 Å². The van der Waals surface area contributed by atoms with Crippen molar-refractivity contribution in [1.82, 2.24) is 14.9 Å². The largest absolute Gasteiger partial charge is 0.474 e. The van der Waals surface area contributed by atoms with Gasteiger partial charge in [0.1, 0.15) is 0 Å². The predicted molar refractivity (Wildman–Crippen MR) is 84.9 cm³/mol. The maximum absolute atomic E-state index is 5.62. The third-order valence-electron chi connectivity index (χ3n) is 3.27. The molecule has 1 aliphatic heterocycles. The van der Waals surface area contributed by atoms with Gasteiger partial charge in [0.25, 0.3) is 0 Å². The van der Waals surface area contributed by atoms with Crippen molar-refractivity contribution in [3.8, 4) is 5.88 Å². The molecule has 2 heterocycles. The second-order valence-corrected chi connectivity index (χ2v) is 6.05. The van der Waals surface area contributed by atoms with Gasteiger partial charge in [-0.25, -0.2) is 0 Å². The van der Waals surface area contributed by atoms with Gasteiger partial charge in [-0.3, -0.25) is 4.98 Å². The topological polar surface area (TPSA) is 41.5 Å². The highest BCUT2D eigenvalue weighted by atomic mass is 79.9. The van der Waals surface area contributed by atoms with Crippen molar-refractivity contribution in [3.05, 3.63) is 12.4 Å². The minimum absolute atomic E-state index is 0.123. The maximum Gasteiger partial charge on any atom is 0.234 e. The van der Waals surface area contributed by atoms with Crippen LogP contribution < -0.4 is 9.64 Å². The lowest BCUT2D eigenvalue weighted by Crippen LogP contribution is -2.32. The summed E-state index contributed by atoms with van der Waals surface area (Å²) in [6, 6.07) is 0. The summed E-state index contributed by atoms with van der Waals surface area (Å²) >= 11 is 3.51. The van der Waals surface area contributed by atoms with E-state index >= 15 is 0 Å². The van der Waals surface area contributed by atoms with Crippen molar-refractivity contribution in [2.24, 2.45) is 0 Å². The summed E-state index contributed by atoms with van der Waals surface area (Å²) in [6.07, 6.45) is 4.79. The summed E-state index contributed by atoms with van der Waals surface area (Å²) < 4.78 is 5.62. The van der Waals surface area contributed by atoms with Crippen LogP contribution in [-0.4, -0.2) is 59.0 Å². The third-order valence-corrected chi connectivity index (χ3v) is 3.62. The standard InChI is InChI=1S/C14H23BrN4O/c1-12(2)20-14-11-16-10-13(17-14)19-6-3-5-18(7-4-15)8-9-19/h10-12H,3-9H2,1-2H3. The Kier molecular flexibility index (Phi) is 6.04. The molecule has 112 valence electrons. The van der Waals surface area contributed by atoms with E-state index in [0.717, 1.165) is 50.3 Å². The van der Waals surface area contributed by atoms with Crippen LogP contribution in [-0.2, 0) is 0 Å². The fourth-order valence-electron chi connectivity index (χ4n) is 2.33. The van der Waals surface area contributed by atoms with E-state index in [1.807, 2.05) is 20.0 Å². The molecule has 0 atom stereocenters. The van der Waals surface area contributed by atoms with Crippen molar-refractivity contribution in [2.45, 2.75) is 26.4 Å². The van der Waals surface area contributed by atoms with Gasteiger partial charge in [-0.15, -0.1) is 0 Å². The number of aromatic nitrogens is 2. The first-order chi connectivity index (χ1) is 9.69. The van der Waals surface area contributed by atoms with Crippen LogP contribution in [0.5, 0.6) is 5.88 Å². The van der Waals surface area contributed by atoms with Crippen LogP contribution >= 0.6 is 15.9 Å². The van der Waals surface area contributed by atoms with Crippen LogP contribution in [0.3, 0.4) is 0 Å². The molecule has 0 unspecified atom stereocenters. The highest BCUT2D eigenvalue weighted by Crippen LogP contribution is 2.17. The normalized spacial score (nSPS) is 17.3. The Morgan fingerprint density at radius 2 is 2.10 bits per heavy atom. The average Bonchev–Trinajstić information content (AvgIpc) is 2.64. The molecule has 0 N–H and O–H groups in total. The number of halogens is 1. The Balaban J connectivity index is 2.00. The lowest BCUT2D eigenvalue weighted by Gasteiger charge is -2.22. The number of anilines is 1. The summed E-state index contributed by atoms with van der Waals surface area (Å²) in [6.45, 7) is 9.35. The van der Waals surface area contributed by atoms with Crippen molar-refractivity contribution >= 4 is 21.7 Å². The number of nitrogens with zero attached hydrogens (tertiary/aromatic N) is 4. The minimum atomic E-state index is 0.123. The van der Waals surface area contributed by atoms with E-state index in [2.05, 4.69) is 35.7 Å². The summed E-state index contributed by atoms with van der Waals surface area (Å²) in [7, 11) is 0. The number of hydrogen-bond acceptors (Lipinski definition) is 5. The molecule has 0 aliphatic carbocycles. The SMILES string of the molecule is CC(C)Oc1cncc(N2CCCN(CCBr)CC2)n1. The van der Waals surface area contributed by atoms with Crippen molar-refractivity contribution in [3.63, 3.8) is 0 Å². The zero-order valence-electron chi connectivity index (χ0n) is 12.3. The number of alkyl halides is 1. The molecule has 2 rings (SSSR count). The molecule has 1 saturated heterocycles. The average molecular weight is 343 g/mol. The second-order valence-electron chi connectivity index (χ2n) is 5.25. The molecule has 0 radical (unpaired) electrons. The second kappa shape index (κ2) is 7.78. The summed E-state index contributed by atoms with van der Waals surface area (Å²) in [5.74, 6) is 1.53.